The highest BCUT2D eigenvalue weighted by Gasteiger charge is 2.21. The number of ether oxygens (including phenoxy) is 1. The van der Waals surface area contributed by atoms with Crippen molar-refractivity contribution in [3.63, 3.8) is 0 Å². The van der Waals surface area contributed by atoms with Crippen LogP contribution in [0.1, 0.15) is 56.6 Å². The molecule has 1 unspecified atom stereocenters. The summed E-state index contributed by atoms with van der Waals surface area (Å²) in [5, 5.41) is 7.50. The van der Waals surface area contributed by atoms with Crippen LogP contribution in [-0.4, -0.2) is 29.1 Å². The van der Waals surface area contributed by atoms with E-state index in [0.717, 1.165) is 16.3 Å². The molecule has 0 bridgehead atoms. The van der Waals surface area contributed by atoms with E-state index in [2.05, 4.69) is 15.6 Å². The van der Waals surface area contributed by atoms with Crippen LogP contribution >= 0.6 is 0 Å². The second-order valence-corrected chi connectivity index (χ2v) is 7.72. The van der Waals surface area contributed by atoms with Crippen molar-refractivity contribution in [1.29, 1.82) is 0 Å². The molecule has 6 heteroatoms. The number of benzene rings is 2. The second-order valence-electron chi connectivity index (χ2n) is 7.72. The summed E-state index contributed by atoms with van der Waals surface area (Å²) in [4.78, 5) is 29.2. The van der Waals surface area contributed by atoms with Crippen LogP contribution in [0.25, 0.3) is 10.8 Å². The third-order valence-corrected chi connectivity index (χ3v) is 4.29. The SMILES string of the molecule is CC.CC(C)(C)OC(=O)NC(CNC(=O)c1cccc2cnccc12)c1ccccc1. The summed E-state index contributed by atoms with van der Waals surface area (Å²) in [6, 6.07) is 16.4. The fraction of sp³-hybridized carbons (Fsp3) is 0.320. The molecule has 0 aliphatic carbocycles. The molecule has 0 spiro atoms. The summed E-state index contributed by atoms with van der Waals surface area (Å²) in [5.74, 6) is -0.214. The molecule has 0 fully saturated rings. The van der Waals surface area contributed by atoms with E-state index in [0.29, 0.717) is 5.56 Å². The van der Waals surface area contributed by atoms with E-state index in [1.54, 1.807) is 39.2 Å². The van der Waals surface area contributed by atoms with Gasteiger partial charge in [-0.3, -0.25) is 9.78 Å². The van der Waals surface area contributed by atoms with Crippen LogP contribution in [0.15, 0.2) is 67.0 Å². The molecule has 2 N–H and O–H groups in total. The van der Waals surface area contributed by atoms with Crippen molar-refractivity contribution in [1.82, 2.24) is 15.6 Å². The lowest BCUT2D eigenvalue weighted by atomic mass is 10.0. The summed E-state index contributed by atoms with van der Waals surface area (Å²) in [6.07, 6.45) is 2.86. The van der Waals surface area contributed by atoms with Gasteiger partial charge in [-0.05, 0) is 43.9 Å². The zero-order valence-electron chi connectivity index (χ0n) is 18.8. The maximum atomic E-state index is 12.8. The lowest BCUT2D eigenvalue weighted by Crippen LogP contribution is -2.40. The molecule has 0 radical (unpaired) electrons. The number of alkyl carbamates (subject to hydrolysis) is 1. The predicted molar refractivity (Wildman–Crippen MR) is 124 cm³/mol. The minimum Gasteiger partial charge on any atom is -0.444 e. The summed E-state index contributed by atoms with van der Waals surface area (Å²) >= 11 is 0. The molecular formula is C25H31N3O3. The number of hydrogen-bond donors (Lipinski definition) is 2. The number of nitrogens with zero attached hydrogens (tertiary/aromatic N) is 1. The summed E-state index contributed by atoms with van der Waals surface area (Å²) in [6.45, 7) is 9.65. The number of nitrogens with one attached hydrogen (secondary N) is 2. The van der Waals surface area contributed by atoms with Crippen molar-refractivity contribution in [2.24, 2.45) is 0 Å². The summed E-state index contributed by atoms with van der Waals surface area (Å²) in [7, 11) is 0. The van der Waals surface area contributed by atoms with Crippen LogP contribution in [0.3, 0.4) is 0 Å². The van der Waals surface area contributed by atoms with Gasteiger partial charge in [0.05, 0.1) is 6.04 Å². The van der Waals surface area contributed by atoms with Gasteiger partial charge in [0, 0.05) is 29.9 Å². The molecule has 164 valence electrons. The largest absolute Gasteiger partial charge is 0.444 e. The molecule has 2 amide bonds. The molecule has 0 aliphatic rings. The Hall–Kier alpha value is -3.41. The molecule has 1 aromatic heterocycles. The topological polar surface area (TPSA) is 80.3 Å². The Morgan fingerprint density at radius 1 is 1.00 bits per heavy atom. The van der Waals surface area contributed by atoms with Gasteiger partial charge in [0.15, 0.2) is 0 Å². The van der Waals surface area contributed by atoms with Gasteiger partial charge >= 0.3 is 6.09 Å². The highest BCUT2D eigenvalue weighted by molar-refractivity contribution is 6.06. The first-order valence-corrected chi connectivity index (χ1v) is 10.5. The highest BCUT2D eigenvalue weighted by Crippen LogP contribution is 2.18. The van der Waals surface area contributed by atoms with Gasteiger partial charge in [-0.25, -0.2) is 4.79 Å². The highest BCUT2D eigenvalue weighted by atomic mass is 16.6. The number of carbonyl (C=O) groups excluding carboxylic acids is 2. The van der Waals surface area contributed by atoms with Crippen molar-refractivity contribution in [2.45, 2.75) is 46.3 Å². The van der Waals surface area contributed by atoms with Gasteiger partial charge in [-0.1, -0.05) is 56.3 Å². The fourth-order valence-corrected chi connectivity index (χ4v) is 3.00. The average molecular weight is 422 g/mol. The van der Waals surface area contributed by atoms with Gasteiger partial charge in [0.25, 0.3) is 5.91 Å². The lowest BCUT2D eigenvalue weighted by molar-refractivity contribution is 0.0501. The van der Waals surface area contributed by atoms with Crippen LogP contribution < -0.4 is 10.6 Å². The Bertz CT molecular complexity index is 992. The summed E-state index contributed by atoms with van der Waals surface area (Å²) < 4.78 is 5.37. The maximum absolute atomic E-state index is 12.8. The Balaban J connectivity index is 0.00000166. The van der Waals surface area contributed by atoms with Crippen molar-refractivity contribution >= 4 is 22.8 Å². The molecule has 0 aliphatic heterocycles. The minimum absolute atomic E-state index is 0.214. The average Bonchev–Trinajstić information content (AvgIpc) is 2.76. The molecule has 0 saturated heterocycles. The van der Waals surface area contributed by atoms with Crippen molar-refractivity contribution in [3.8, 4) is 0 Å². The van der Waals surface area contributed by atoms with Crippen molar-refractivity contribution < 1.29 is 14.3 Å². The molecule has 0 saturated carbocycles. The van der Waals surface area contributed by atoms with E-state index in [1.165, 1.54) is 0 Å². The molecule has 6 nitrogen and oxygen atoms in total. The van der Waals surface area contributed by atoms with Gasteiger partial charge in [0.2, 0.25) is 0 Å². The van der Waals surface area contributed by atoms with Crippen molar-refractivity contribution in [2.75, 3.05) is 6.54 Å². The number of aromatic nitrogens is 1. The first kappa shape index (κ1) is 23.9. The molecule has 31 heavy (non-hydrogen) atoms. The van der Waals surface area contributed by atoms with E-state index in [4.69, 9.17) is 4.74 Å². The van der Waals surface area contributed by atoms with E-state index in [-0.39, 0.29) is 12.5 Å². The van der Waals surface area contributed by atoms with Crippen LogP contribution in [0.5, 0.6) is 0 Å². The van der Waals surface area contributed by atoms with Crippen LogP contribution in [0.4, 0.5) is 4.79 Å². The lowest BCUT2D eigenvalue weighted by Gasteiger charge is -2.24. The van der Waals surface area contributed by atoms with E-state index < -0.39 is 17.7 Å². The Labute approximate surface area is 184 Å². The third-order valence-electron chi connectivity index (χ3n) is 4.29. The Morgan fingerprint density at radius 2 is 1.71 bits per heavy atom. The predicted octanol–water partition coefficient (Wildman–Crippen LogP) is 5.26. The van der Waals surface area contributed by atoms with Gasteiger partial charge in [-0.2, -0.15) is 0 Å². The van der Waals surface area contributed by atoms with E-state index in [9.17, 15) is 9.59 Å². The summed E-state index contributed by atoms with van der Waals surface area (Å²) in [5.41, 5.74) is 0.834. The first-order valence-electron chi connectivity index (χ1n) is 10.5. The quantitative estimate of drug-likeness (QED) is 0.589. The monoisotopic (exact) mass is 421 g/mol. The Kier molecular flexibility index (Phi) is 8.55. The molecule has 3 aromatic rings. The van der Waals surface area contributed by atoms with Crippen LogP contribution in [-0.2, 0) is 4.74 Å². The zero-order valence-corrected chi connectivity index (χ0v) is 18.8. The number of amides is 2. The van der Waals surface area contributed by atoms with Gasteiger partial charge in [-0.15, -0.1) is 0 Å². The third kappa shape index (κ3) is 7.10. The number of pyridine rings is 1. The number of hydrogen-bond acceptors (Lipinski definition) is 4. The number of carbonyl (C=O) groups is 2. The second kappa shape index (κ2) is 11.1. The molecule has 3 rings (SSSR count). The van der Waals surface area contributed by atoms with Gasteiger partial charge < -0.3 is 15.4 Å². The maximum Gasteiger partial charge on any atom is 0.408 e. The molecule has 1 atom stereocenters. The first-order chi connectivity index (χ1) is 14.8. The van der Waals surface area contributed by atoms with Crippen LogP contribution in [0.2, 0.25) is 0 Å². The zero-order chi connectivity index (χ0) is 22.9. The molecular weight excluding hydrogens is 390 g/mol. The van der Waals surface area contributed by atoms with E-state index in [1.807, 2.05) is 62.4 Å². The smallest absolute Gasteiger partial charge is 0.408 e. The molecule has 2 aromatic carbocycles. The number of fused-ring (bicyclic) bond motifs is 1. The van der Waals surface area contributed by atoms with Gasteiger partial charge in [0.1, 0.15) is 5.60 Å². The number of rotatable bonds is 5. The van der Waals surface area contributed by atoms with Crippen LogP contribution in [0, 0.1) is 0 Å². The standard InChI is InChI=1S/C23H25N3O3.C2H6/c1-23(2,3)29-22(28)26-20(16-8-5-4-6-9-16)15-25-21(27)19-11-7-10-17-14-24-13-12-18(17)19;1-2/h4-14,20H,15H2,1-3H3,(H,25,27)(H,26,28);1-2H3. The molecule has 1 heterocycles. The minimum atomic E-state index is -0.606. The van der Waals surface area contributed by atoms with Crippen molar-refractivity contribution in [3.05, 3.63) is 78.1 Å². The fourth-order valence-electron chi connectivity index (χ4n) is 3.00. The normalized spacial score (nSPS) is 11.6. The van der Waals surface area contributed by atoms with E-state index >= 15 is 0 Å². The Morgan fingerprint density at radius 3 is 2.39 bits per heavy atom.